The van der Waals surface area contributed by atoms with E-state index in [0.29, 0.717) is 10.2 Å². The molecule has 100 valence electrons. The van der Waals surface area contributed by atoms with Crippen LogP contribution in [0.25, 0.3) is 0 Å². The first kappa shape index (κ1) is 16.4. The summed E-state index contributed by atoms with van der Waals surface area (Å²) >= 11 is 3.12. The lowest BCUT2D eigenvalue weighted by atomic mass is 10.2. The second-order valence-corrected chi connectivity index (χ2v) is 5.18. The molecule has 18 heavy (non-hydrogen) atoms. The van der Waals surface area contributed by atoms with E-state index >= 15 is 0 Å². The number of ether oxygens (including phenoxy) is 1. The highest BCUT2D eigenvalue weighted by Gasteiger charge is 2.16. The molecule has 0 fully saturated rings. The van der Waals surface area contributed by atoms with Crippen LogP contribution >= 0.6 is 15.9 Å². The Bertz CT molecular complexity index is 404. The first-order chi connectivity index (χ1) is 8.21. The Morgan fingerprint density at radius 3 is 2.44 bits per heavy atom. The van der Waals surface area contributed by atoms with Gasteiger partial charge in [-0.15, -0.1) is 0 Å². The van der Waals surface area contributed by atoms with E-state index in [1.54, 1.807) is 33.9 Å². The molecule has 0 spiro atoms. The van der Waals surface area contributed by atoms with Gasteiger partial charge in [-0.05, 0) is 36.7 Å². The van der Waals surface area contributed by atoms with Gasteiger partial charge in [-0.3, -0.25) is 5.41 Å². The van der Waals surface area contributed by atoms with Crippen molar-refractivity contribution < 1.29 is 9.53 Å². The van der Waals surface area contributed by atoms with Gasteiger partial charge in [-0.2, -0.15) is 5.26 Å². The van der Waals surface area contributed by atoms with Crippen molar-refractivity contribution in [2.75, 3.05) is 13.6 Å². The van der Waals surface area contributed by atoms with Crippen molar-refractivity contribution in [3.8, 4) is 6.07 Å². The monoisotopic (exact) mass is 316 g/mol. The normalized spacial score (nSPS) is 12.0. The molecule has 0 aliphatic heterocycles. The van der Waals surface area contributed by atoms with Crippen LogP contribution < -0.4 is 10.6 Å². The predicted molar refractivity (Wildman–Crippen MR) is 72.6 cm³/mol. The Labute approximate surface area is 115 Å². The van der Waals surface area contributed by atoms with Gasteiger partial charge in [0.05, 0.1) is 11.0 Å². The molecule has 0 aromatic carbocycles. The maximum Gasteiger partial charge on any atom is 0.407 e. The fraction of sp³-hybridized carbons (Fsp3) is 0.545. The van der Waals surface area contributed by atoms with Crippen molar-refractivity contribution in [3.63, 3.8) is 0 Å². The molecule has 0 unspecified atom stereocenters. The lowest BCUT2D eigenvalue weighted by molar-refractivity contribution is 0.0532. The van der Waals surface area contributed by atoms with Gasteiger partial charge < -0.3 is 15.4 Å². The second kappa shape index (κ2) is 7.01. The largest absolute Gasteiger partial charge is 0.444 e. The van der Waals surface area contributed by atoms with E-state index < -0.39 is 11.7 Å². The molecular weight excluding hydrogens is 300 g/mol. The van der Waals surface area contributed by atoms with Crippen LogP contribution in [-0.2, 0) is 4.74 Å². The number of nitrogens with one attached hydrogen (secondary N) is 3. The summed E-state index contributed by atoms with van der Waals surface area (Å²) < 4.78 is 5.37. The van der Waals surface area contributed by atoms with Gasteiger partial charge in [0.15, 0.2) is 0 Å². The van der Waals surface area contributed by atoms with Gasteiger partial charge in [0.1, 0.15) is 17.4 Å². The number of likely N-dealkylation sites (N-methyl/N-ethyl adjacent to an activating group) is 1. The number of hydrogen-bond acceptors (Lipinski definition) is 5. The van der Waals surface area contributed by atoms with Crippen molar-refractivity contribution in [3.05, 3.63) is 10.2 Å². The van der Waals surface area contributed by atoms with Gasteiger partial charge in [0, 0.05) is 12.7 Å². The molecule has 0 aromatic heterocycles. The van der Waals surface area contributed by atoms with E-state index in [4.69, 9.17) is 15.4 Å². The third kappa shape index (κ3) is 6.25. The molecule has 3 N–H and O–H groups in total. The first-order valence-corrected chi connectivity index (χ1v) is 6.03. The lowest BCUT2D eigenvalue weighted by Crippen LogP contribution is -2.35. The number of rotatable bonds is 4. The maximum atomic E-state index is 11.4. The van der Waals surface area contributed by atoms with Crippen molar-refractivity contribution in [1.82, 2.24) is 10.6 Å². The van der Waals surface area contributed by atoms with Gasteiger partial charge in [0.25, 0.3) is 0 Å². The summed E-state index contributed by atoms with van der Waals surface area (Å²) in [6.07, 6.45) is -0.556. The van der Waals surface area contributed by atoms with Crippen LogP contribution in [0.3, 0.4) is 0 Å². The molecule has 7 heteroatoms. The molecular formula is C11H17BrN4O2. The van der Waals surface area contributed by atoms with Crippen LogP contribution in [-0.4, -0.2) is 31.0 Å². The molecule has 0 bridgehead atoms. The Morgan fingerprint density at radius 2 is 2.06 bits per heavy atom. The summed E-state index contributed by atoms with van der Waals surface area (Å²) in [7, 11) is 1.64. The summed E-state index contributed by atoms with van der Waals surface area (Å²) in [5, 5.41) is 21.3. The summed E-state index contributed by atoms with van der Waals surface area (Å²) in [6.45, 7) is 5.43. The topological polar surface area (TPSA) is 98.0 Å². The molecule has 6 nitrogen and oxygen atoms in total. The number of alkyl carbamates (subject to hydrolysis) is 1. The highest BCUT2D eigenvalue weighted by Crippen LogP contribution is 2.11. The van der Waals surface area contributed by atoms with Crippen LogP contribution in [0.4, 0.5) is 4.79 Å². The van der Waals surface area contributed by atoms with Crippen LogP contribution in [0.15, 0.2) is 10.2 Å². The summed E-state index contributed by atoms with van der Waals surface area (Å²) in [5.41, 5.74) is -0.262. The van der Waals surface area contributed by atoms with Crippen molar-refractivity contribution in [2.24, 2.45) is 0 Å². The van der Waals surface area contributed by atoms with E-state index in [1.807, 2.05) is 0 Å². The van der Waals surface area contributed by atoms with Crippen molar-refractivity contribution in [1.29, 1.82) is 10.7 Å². The third-order valence-electron chi connectivity index (χ3n) is 1.71. The standard InChI is InChI=1S/C11H17BrN4O2/c1-11(2,3)18-10(17)16-6-8(15-4)9(12)7(14)5-13/h14-15H,6H2,1-4H3,(H,16,17)/b9-8+,14-7?. The molecule has 1 amide bonds. The summed E-state index contributed by atoms with van der Waals surface area (Å²) in [5.74, 6) is 0. The minimum atomic E-state index is -0.565. The number of halogens is 1. The van der Waals surface area contributed by atoms with Gasteiger partial charge >= 0.3 is 6.09 Å². The van der Waals surface area contributed by atoms with E-state index in [0.717, 1.165) is 0 Å². The lowest BCUT2D eigenvalue weighted by Gasteiger charge is -2.20. The molecule has 0 saturated carbocycles. The zero-order valence-electron chi connectivity index (χ0n) is 10.8. The summed E-state index contributed by atoms with van der Waals surface area (Å²) in [4.78, 5) is 11.4. The van der Waals surface area contributed by atoms with Crippen molar-refractivity contribution >= 4 is 27.7 Å². The average molecular weight is 317 g/mol. The highest BCUT2D eigenvalue weighted by atomic mass is 79.9. The highest BCUT2D eigenvalue weighted by molar-refractivity contribution is 9.12. The van der Waals surface area contributed by atoms with Gasteiger partial charge in [-0.25, -0.2) is 4.79 Å². The predicted octanol–water partition coefficient (Wildman–Crippen LogP) is 1.88. The van der Waals surface area contributed by atoms with E-state index in [-0.39, 0.29) is 12.3 Å². The number of carbonyl (C=O) groups excluding carboxylic acids is 1. The van der Waals surface area contributed by atoms with Crippen LogP contribution in [0.2, 0.25) is 0 Å². The van der Waals surface area contributed by atoms with Crippen LogP contribution in [0.5, 0.6) is 0 Å². The number of allylic oxidation sites excluding steroid dienone is 1. The molecule has 0 aromatic rings. The first-order valence-electron chi connectivity index (χ1n) is 5.23. The summed E-state index contributed by atoms with van der Waals surface area (Å²) in [6, 6.07) is 1.70. The number of amides is 1. The molecule has 0 radical (unpaired) electrons. The maximum absolute atomic E-state index is 11.4. The van der Waals surface area contributed by atoms with E-state index in [1.165, 1.54) is 0 Å². The molecule has 0 rings (SSSR count). The van der Waals surface area contributed by atoms with Gasteiger partial charge in [0.2, 0.25) is 0 Å². The second-order valence-electron chi connectivity index (χ2n) is 4.38. The Hall–Kier alpha value is -1.55. The van der Waals surface area contributed by atoms with Crippen LogP contribution in [0, 0.1) is 16.7 Å². The molecule has 0 atom stereocenters. The van der Waals surface area contributed by atoms with Crippen molar-refractivity contribution in [2.45, 2.75) is 26.4 Å². The number of carbonyl (C=O) groups is 1. The minimum Gasteiger partial charge on any atom is -0.444 e. The quantitative estimate of drug-likeness (QED) is 0.690. The number of hydrogen-bond donors (Lipinski definition) is 3. The minimum absolute atomic E-state index is 0.135. The smallest absolute Gasteiger partial charge is 0.407 e. The Kier molecular flexibility index (Phi) is 6.41. The number of nitrogens with zero attached hydrogens (tertiary/aromatic N) is 1. The van der Waals surface area contributed by atoms with E-state index in [2.05, 4.69) is 26.6 Å². The Morgan fingerprint density at radius 1 is 1.50 bits per heavy atom. The molecule has 0 heterocycles. The molecule has 0 saturated heterocycles. The SMILES string of the molecule is CN/C(CNC(=O)OC(C)(C)C)=C(/Br)C(=N)C#N. The number of nitriles is 1. The van der Waals surface area contributed by atoms with Crippen LogP contribution in [0.1, 0.15) is 20.8 Å². The third-order valence-corrected chi connectivity index (χ3v) is 2.58. The van der Waals surface area contributed by atoms with E-state index in [9.17, 15) is 4.79 Å². The molecule has 0 aliphatic carbocycles. The zero-order valence-corrected chi connectivity index (χ0v) is 12.4. The fourth-order valence-corrected chi connectivity index (χ4v) is 1.38. The Balaban J connectivity index is 4.56. The van der Waals surface area contributed by atoms with Gasteiger partial charge in [-0.1, -0.05) is 0 Å². The fourth-order valence-electron chi connectivity index (χ4n) is 0.950. The average Bonchev–Trinajstić information content (AvgIpc) is 2.26. The zero-order chi connectivity index (χ0) is 14.3. The molecule has 0 aliphatic rings.